The van der Waals surface area contributed by atoms with Gasteiger partial charge in [-0.1, -0.05) is 62.4 Å². The largest absolute Gasteiger partial charge is 0.299 e. The fourth-order valence-electron chi connectivity index (χ4n) is 3.30. The lowest BCUT2D eigenvalue weighted by Gasteiger charge is -2.21. The van der Waals surface area contributed by atoms with Crippen molar-refractivity contribution in [3.8, 4) is 0 Å². The molecule has 0 amide bonds. The van der Waals surface area contributed by atoms with Crippen molar-refractivity contribution in [1.82, 2.24) is 4.98 Å². The lowest BCUT2D eigenvalue weighted by molar-refractivity contribution is -0.122. The Morgan fingerprint density at radius 1 is 1.00 bits per heavy atom. The number of Topliss-reactive ketones (excluding diaryl/α,β-unsaturated/α-hetero) is 1. The van der Waals surface area contributed by atoms with Crippen LogP contribution in [0.4, 0.5) is 0 Å². The average Bonchev–Trinajstić information content (AvgIpc) is 2.61. The van der Waals surface area contributed by atoms with E-state index in [0.717, 1.165) is 16.5 Å². The van der Waals surface area contributed by atoms with E-state index in [-0.39, 0.29) is 17.6 Å². The fraction of sp³-hybridized carbons (Fsp3) is 0.273. The summed E-state index contributed by atoms with van der Waals surface area (Å²) in [6.07, 6.45) is 2.22. The number of aromatic nitrogens is 1. The predicted molar refractivity (Wildman–Crippen MR) is 99.2 cm³/mol. The molecule has 0 aliphatic rings. The molecule has 0 N–H and O–H groups in total. The van der Waals surface area contributed by atoms with Crippen LogP contribution in [0.1, 0.15) is 36.5 Å². The number of aryl methyl sites for hydroxylation is 1. The van der Waals surface area contributed by atoms with E-state index < -0.39 is 0 Å². The maximum Gasteiger partial charge on any atom is 0.140 e. The van der Waals surface area contributed by atoms with E-state index in [2.05, 4.69) is 31.0 Å². The highest BCUT2D eigenvalue weighted by Crippen LogP contribution is 2.28. The monoisotopic (exact) mass is 317 g/mol. The molecule has 0 saturated heterocycles. The number of rotatable bonds is 5. The molecule has 2 heteroatoms. The van der Waals surface area contributed by atoms with Gasteiger partial charge in [-0.3, -0.25) is 9.78 Å². The Balaban J connectivity index is 1.82. The molecule has 2 atom stereocenters. The van der Waals surface area contributed by atoms with Crippen LogP contribution in [-0.4, -0.2) is 10.8 Å². The third-order valence-corrected chi connectivity index (χ3v) is 5.02. The molecule has 2 nitrogen and oxygen atoms in total. The van der Waals surface area contributed by atoms with Crippen LogP contribution in [0.25, 0.3) is 10.9 Å². The second-order valence-electron chi connectivity index (χ2n) is 6.57. The molecular formula is C22H23NO. The number of hydrogen-bond donors (Lipinski definition) is 0. The van der Waals surface area contributed by atoms with Crippen LogP contribution in [0, 0.1) is 12.8 Å². The normalized spacial score (nSPS) is 13.6. The topological polar surface area (TPSA) is 30.0 Å². The lowest BCUT2D eigenvalue weighted by atomic mass is 9.82. The van der Waals surface area contributed by atoms with Gasteiger partial charge in [-0.05, 0) is 35.6 Å². The molecule has 2 unspecified atom stereocenters. The van der Waals surface area contributed by atoms with Gasteiger partial charge < -0.3 is 0 Å². The van der Waals surface area contributed by atoms with Crippen LogP contribution in [-0.2, 0) is 11.2 Å². The number of carbonyl (C=O) groups is 1. The smallest absolute Gasteiger partial charge is 0.140 e. The molecular weight excluding hydrogens is 294 g/mol. The van der Waals surface area contributed by atoms with Crippen molar-refractivity contribution in [2.45, 2.75) is 33.1 Å². The Morgan fingerprint density at radius 3 is 2.54 bits per heavy atom. The fourth-order valence-corrected chi connectivity index (χ4v) is 3.30. The molecule has 0 spiro atoms. The van der Waals surface area contributed by atoms with E-state index in [9.17, 15) is 4.79 Å². The van der Waals surface area contributed by atoms with Crippen molar-refractivity contribution >= 4 is 16.7 Å². The van der Waals surface area contributed by atoms with Crippen LogP contribution < -0.4 is 0 Å². The summed E-state index contributed by atoms with van der Waals surface area (Å²) >= 11 is 0. The standard InChI is InChI=1S/C22H23NO/c1-15-8-4-5-12-20(15)16(2)17(3)21(24)14-19-10-6-9-18-11-7-13-23-22(18)19/h4-13,16-17H,14H2,1-3H3. The van der Waals surface area contributed by atoms with E-state index in [4.69, 9.17) is 0 Å². The summed E-state index contributed by atoms with van der Waals surface area (Å²) < 4.78 is 0. The zero-order chi connectivity index (χ0) is 17.1. The van der Waals surface area contributed by atoms with Crippen molar-refractivity contribution in [3.05, 3.63) is 77.5 Å². The highest BCUT2D eigenvalue weighted by molar-refractivity contribution is 5.89. The number of fused-ring (bicyclic) bond motifs is 1. The Kier molecular flexibility index (Phi) is 4.75. The highest BCUT2D eigenvalue weighted by Gasteiger charge is 2.23. The maximum absolute atomic E-state index is 12.9. The van der Waals surface area contributed by atoms with E-state index in [1.54, 1.807) is 6.20 Å². The molecule has 0 aliphatic carbocycles. The second-order valence-corrected chi connectivity index (χ2v) is 6.57. The molecule has 0 bridgehead atoms. The van der Waals surface area contributed by atoms with Gasteiger partial charge in [-0.25, -0.2) is 0 Å². The molecule has 0 saturated carbocycles. The number of para-hydroxylation sites is 1. The van der Waals surface area contributed by atoms with Crippen LogP contribution in [0.15, 0.2) is 60.8 Å². The Morgan fingerprint density at radius 2 is 1.75 bits per heavy atom. The molecule has 3 rings (SSSR count). The van der Waals surface area contributed by atoms with Gasteiger partial charge in [0.05, 0.1) is 5.52 Å². The Bertz CT molecular complexity index is 863. The van der Waals surface area contributed by atoms with Gasteiger partial charge in [-0.2, -0.15) is 0 Å². The summed E-state index contributed by atoms with van der Waals surface area (Å²) in [4.78, 5) is 17.3. The number of benzene rings is 2. The van der Waals surface area contributed by atoms with Crippen molar-refractivity contribution in [2.24, 2.45) is 5.92 Å². The number of nitrogens with zero attached hydrogens (tertiary/aromatic N) is 1. The summed E-state index contributed by atoms with van der Waals surface area (Å²) in [6.45, 7) is 6.29. The molecule has 0 fully saturated rings. The van der Waals surface area contributed by atoms with Crippen molar-refractivity contribution < 1.29 is 4.79 Å². The van der Waals surface area contributed by atoms with Gasteiger partial charge in [0.15, 0.2) is 0 Å². The van der Waals surface area contributed by atoms with Gasteiger partial charge in [0.1, 0.15) is 5.78 Å². The van der Waals surface area contributed by atoms with E-state index in [1.807, 2.05) is 49.4 Å². The molecule has 2 aromatic carbocycles. The summed E-state index contributed by atoms with van der Waals surface area (Å²) in [7, 11) is 0. The molecule has 0 aliphatic heterocycles. The third-order valence-electron chi connectivity index (χ3n) is 5.02. The minimum Gasteiger partial charge on any atom is -0.299 e. The second kappa shape index (κ2) is 6.96. The van der Waals surface area contributed by atoms with Crippen molar-refractivity contribution in [2.75, 3.05) is 0 Å². The summed E-state index contributed by atoms with van der Waals surface area (Å²) in [5.74, 6) is 0.454. The lowest BCUT2D eigenvalue weighted by Crippen LogP contribution is -2.20. The number of carbonyl (C=O) groups excluding carboxylic acids is 1. The Labute approximate surface area is 143 Å². The zero-order valence-corrected chi connectivity index (χ0v) is 14.5. The SMILES string of the molecule is Cc1ccccc1C(C)C(C)C(=O)Cc1cccc2cccnc12. The van der Waals surface area contributed by atoms with Gasteiger partial charge >= 0.3 is 0 Å². The summed E-state index contributed by atoms with van der Waals surface area (Å²) in [5.41, 5.74) is 4.46. The predicted octanol–water partition coefficient (Wildman–Crippen LogP) is 5.09. The van der Waals surface area contributed by atoms with Gasteiger partial charge in [0, 0.05) is 23.9 Å². The first kappa shape index (κ1) is 16.4. The van der Waals surface area contributed by atoms with E-state index >= 15 is 0 Å². The quantitative estimate of drug-likeness (QED) is 0.655. The van der Waals surface area contributed by atoms with E-state index in [0.29, 0.717) is 6.42 Å². The summed E-state index contributed by atoms with van der Waals surface area (Å²) in [6, 6.07) is 18.3. The minimum atomic E-state index is -0.0231. The van der Waals surface area contributed by atoms with Crippen LogP contribution in [0.3, 0.4) is 0 Å². The van der Waals surface area contributed by atoms with Gasteiger partial charge in [0.2, 0.25) is 0 Å². The van der Waals surface area contributed by atoms with Crippen molar-refractivity contribution in [3.63, 3.8) is 0 Å². The average molecular weight is 317 g/mol. The Hall–Kier alpha value is -2.48. The molecule has 24 heavy (non-hydrogen) atoms. The molecule has 1 heterocycles. The van der Waals surface area contributed by atoms with Gasteiger partial charge in [-0.15, -0.1) is 0 Å². The van der Waals surface area contributed by atoms with Gasteiger partial charge in [0.25, 0.3) is 0 Å². The highest BCUT2D eigenvalue weighted by atomic mass is 16.1. The first-order valence-corrected chi connectivity index (χ1v) is 8.49. The first-order chi connectivity index (χ1) is 11.6. The molecule has 1 aromatic heterocycles. The first-order valence-electron chi connectivity index (χ1n) is 8.49. The van der Waals surface area contributed by atoms with Crippen LogP contribution in [0.5, 0.6) is 0 Å². The molecule has 0 radical (unpaired) electrons. The number of pyridine rings is 1. The molecule has 122 valence electrons. The third kappa shape index (κ3) is 3.23. The number of hydrogen-bond acceptors (Lipinski definition) is 2. The van der Waals surface area contributed by atoms with Crippen LogP contribution >= 0.6 is 0 Å². The maximum atomic E-state index is 12.9. The zero-order valence-electron chi connectivity index (χ0n) is 14.5. The minimum absolute atomic E-state index is 0.0231. The number of ketones is 1. The molecule has 3 aromatic rings. The van der Waals surface area contributed by atoms with Crippen molar-refractivity contribution in [1.29, 1.82) is 0 Å². The van der Waals surface area contributed by atoms with E-state index in [1.165, 1.54) is 11.1 Å². The van der Waals surface area contributed by atoms with Crippen LogP contribution in [0.2, 0.25) is 0 Å². The summed E-state index contributed by atoms with van der Waals surface area (Å²) in [5, 5.41) is 1.09.